The molecule has 0 N–H and O–H groups in total. The molecule has 31 heavy (non-hydrogen) atoms. The Morgan fingerprint density at radius 2 is 1.68 bits per heavy atom. The zero-order valence-corrected chi connectivity index (χ0v) is 18.3. The molecule has 1 fully saturated rings. The zero-order valence-electron chi connectivity index (χ0n) is 16.8. The van der Waals surface area contributed by atoms with E-state index in [1.807, 2.05) is 30.3 Å². The highest BCUT2D eigenvalue weighted by Crippen LogP contribution is 2.23. The minimum absolute atomic E-state index is 0.0242. The second-order valence-electron chi connectivity index (χ2n) is 7.28. The molecule has 1 aliphatic heterocycles. The van der Waals surface area contributed by atoms with E-state index in [1.54, 1.807) is 34.2 Å². The summed E-state index contributed by atoms with van der Waals surface area (Å²) in [6, 6.07) is 14.6. The number of carbonyl (C=O) groups is 2. The number of oxazole rings is 1. The Bertz CT molecular complexity index is 1080. The molecular weight excluding hydrogens is 437 g/mol. The number of nitrogens with zero attached hydrogens (tertiary/aromatic N) is 3. The predicted molar refractivity (Wildman–Crippen MR) is 119 cm³/mol. The van der Waals surface area contributed by atoms with Crippen molar-refractivity contribution in [3.63, 3.8) is 0 Å². The second kappa shape index (κ2) is 9.54. The Morgan fingerprint density at radius 3 is 2.39 bits per heavy atom. The van der Waals surface area contributed by atoms with Gasteiger partial charge in [0.1, 0.15) is 0 Å². The van der Waals surface area contributed by atoms with Crippen LogP contribution in [0.1, 0.15) is 22.7 Å². The van der Waals surface area contributed by atoms with Crippen LogP contribution >= 0.6 is 23.2 Å². The topological polar surface area (TPSA) is 66.7 Å². The smallest absolute Gasteiger partial charge is 0.255 e. The number of amides is 2. The fraction of sp³-hybridized carbons (Fsp3) is 0.261. The summed E-state index contributed by atoms with van der Waals surface area (Å²) in [7, 11) is 0. The van der Waals surface area contributed by atoms with Gasteiger partial charge in [-0.1, -0.05) is 53.5 Å². The number of aromatic nitrogens is 1. The minimum atomic E-state index is -0.151. The molecule has 0 saturated carbocycles. The van der Waals surface area contributed by atoms with Gasteiger partial charge in [0.25, 0.3) is 5.91 Å². The molecule has 0 spiro atoms. The standard InChI is InChI=1S/C23H21Cl2N3O3/c24-17-6-7-18(19(25)14-17)23(30)28-12-10-27(11-13-28)22(29)9-8-21-26-15-20(31-21)16-4-2-1-3-5-16/h1-7,14-15H,8-13H2. The fourth-order valence-electron chi connectivity index (χ4n) is 3.53. The highest BCUT2D eigenvalue weighted by Gasteiger charge is 2.26. The molecule has 2 aromatic carbocycles. The van der Waals surface area contributed by atoms with Crippen LogP contribution in [0.15, 0.2) is 59.1 Å². The molecule has 0 atom stereocenters. The summed E-state index contributed by atoms with van der Waals surface area (Å²) in [4.78, 5) is 33.1. The SMILES string of the molecule is O=C(CCc1ncc(-c2ccccc2)o1)N1CCN(C(=O)c2ccc(Cl)cc2Cl)CC1. The molecule has 0 radical (unpaired) electrons. The van der Waals surface area contributed by atoms with E-state index in [0.29, 0.717) is 66.3 Å². The van der Waals surface area contributed by atoms with E-state index >= 15 is 0 Å². The van der Waals surface area contributed by atoms with Crippen LogP contribution in [0.3, 0.4) is 0 Å². The maximum absolute atomic E-state index is 12.7. The van der Waals surface area contributed by atoms with E-state index in [-0.39, 0.29) is 11.8 Å². The van der Waals surface area contributed by atoms with Gasteiger partial charge >= 0.3 is 0 Å². The molecule has 1 aromatic heterocycles. The minimum Gasteiger partial charge on any atom is -0.441 e. The van der Waals surface area contributed by atoms with Crippen molar-refractivity contribution in [3.8, 4) is 11.3 Å². The number of benzene rings is 2. The Balaban J connectivity index is 1.28. The number of rotatable bonds is 5. The second-order valence-corrected chi connectivity index (χ2v) is 8.13. The number of hydrogen-bond acceptors (Lipinski definition) is 4. The molecule has 0 bridgehead atoms. The highest BCUT2D eigenvalue weighted by atomic mass is 35.5. The Morgan fingerprint density at radius 1 is 0.968 bits per heavy atom. The van der Waals surface area contributed by atoms with Gasteiger partial charge in [-0.15, -0.1) is 0 Å². The molecule has 1 aliphatic rings. The maximum atomic E-state index is 12.7. The van der Waals surface area contributed by atoms with Gasteiger partial charge in [0.15, 0.2) is 11.7 Å². The van der Waals surface area contributed by atoms with Crippen molar-refractivity contribution >= 4 is 35.0 Å². The van der Waals surface area contributed by atoms with Gasteiger partial charge in [0, 0.05) is 49.6 Å². The molecule has 0 aliphatic carbocycles. The van der Waals surface area contributed by atoms with Crippen molar-refractivity contribution in [2.75, 3.05) is 26.2 Å². The molecule has 0 unspecified atom stereocenters. The Labute approximate surface area is 190 Å². The first-order valence-electron chi connectivity index (χ1n) is 10.0. The van der Waals surface area contributed by atoms with Gasteiger partial charge in [-0.05, 0) is 18.2 Å². The number of piperazine rings is 1. The quantitative estimate of drug-likeness (QED) is 0.562. The van der Waals surface area contributed by atoms with Crippen LogP contribution in [-0.4, -0.2) is 52.8 Å². The van der Waals surface area contributed by atoms with E-state index in [4.69, 9.17) is 27.6 Å². The monoisotopic (exact) mass is 457 g/mol. The molecule has 4 rings (SSSR count). The maximum Gasteiger partial charge on any atom is 0.255 e. The van der Waals surface area contributed by atoms with Crippen molar-refractivity contribution in [1.29, 1.82) is 0 Å². The van der Waals surface area contributed by atoms with Gasteiger partial charge < -0.3 is 14.2 Å². The molecule has 3 aromatic rings. The molecule has 160 valence electrons. The number of aryl methyl sites for hydroxylation is 1. The van der Waals surface area contributed by atoms with E-state index in [9.17, 15) is 9.59 Å². The van der Waals surface area contributed by atoms with Gasteiger partial charge in [-0.3, -0.25) is 9.59 Å². The largest absolute Gasteiger partial charge is 0.441 e. The third-order valence-electron chi connectivity index (χ3n) is 5.25. The summed E-state index contributed by atoms with van der Waals surface area (Å²) >= 11 is 12.1. The third kappa shape index (κ3) is 5.09. The first kappa shape index (κ1) is 21.4. The first-order valence-corrected chi connectivity index (χ1v) is 10.8. The van der Waals surface area contributed by atoms with Gasteiger partial charge in [0.05, 0.1) is 16.8 Å². The van der Waals surface area contributed by atoms with Crippen molar-refractivity contribution < 1.29 is 14.0 Å². The number of hydrogen-bond donors (Lipinski definition) is 0. The van der Waals surface area contributed by atoms with Crippen LogP contribution in [0.4, 0.5) is 0 Å². The summed E-state index contributed by atoms with van der Waals surface area (Å²) in [5.41, 5.74) is 1.37. The van der Waals surface area contributed by atoms with Gasteiger partial charge in [-0.25, -0.2) is 4.98 Å². The predicted octanol–water partition coefficient (Wildman–Crippen LogP) is 4.57. The average Bonchev–Trinajstić information content (AvgIpc) is 3.27. The van der Waals surface area contributed by atoms with Crippen LogP contribution < -0.4 is 0 Å². The van der Waals surface area contributed by atoms with Crippen molar-refractivity contribution in [2.24, 2.45) is 0 Å². The Kier molecular flexibility index (Phi) is 6.59. The summed E-state index contributed by atoms with van der Waals surface area (Å²) in [5.74, 6) is 1.10. The highest BCUT2D eigenvalue weighted by molar-refractivity contribution is 6.36. The normalized spacial score (nSPS) is 14.0. The lowest BCUT2D eigenvalue weighted by Gasteiger charge is -2.35. The summed E-state index contributed by atoms with van der Waals surface area (Å²) in [6.07, 6.45) is 2.43. The number of carbonyl (C=O) groups excluding carboxylic acids is 2. The molecular formula is C23H21Cl2N3O3. The van der Waals surface area contributed by atoms with Gasteiger partial charge in [-0.2, -0.15) is 0 Å². The number of halogens is 2. The zero-order chi connectivity index (χ0) is 21.8. The van der Waals surface area contributed by atoms with E-state index in [2.05, 4.69) is 4.98 Å². The lowest BCUT2D eigenvalue weighted by molar-refractivity contribution is -0.132. The lowest BCUT2D eigenvalue weighted by atomic mass is 10.1. The van der Waals surface area contributed by atoms with Crippen LogP contribution in [0.5, 0.6) is 0 Å². The van der Waals surface area contributed by atoms with Crippen molar-refractivity contribution in [1.82, 2.24) is 14.8 Å². The van der Waals surface area contributed by atoms with Crippen LogP contribution in [0.25, 0.3) is 11.3 Å². The molecule has 1 saturated heterocycles. The molecule has 2 amide bonds. The van der Waals surface area contributed by atoms with Crippen LogP contribution in [0.2, 0.25) is 10.0 Å². The summed E-state index contributed by atoms with van der Waals surface area (Å²) < 4.78 is 5.77. The molecule has 6 nitrogen and oxygen atoms in total. The van der Waals surface area contributed by atoms with Crippen LogP contribution in [0, 0.1) is 0 Å². The molecule has 8 heteroatoms. The van der Waals surface area contributed by atoms with Crippen molar-refractivity contribution in [3.05, 3.63) is 76.2 Å². The van der Waals surface area contributed by atoms with Crippen molar-refractivity contribution in [2.45, 2.75) is 12.8 Å². The summed E-state index contributed by atoms with van der Waals surface area (Å²) in [5, 5.41) is 0.815. The van der Waals surface area contributed by atoms with E-state index in [0.717, 1.165) is 5.56 Å². The molecule has 2 heterocycles. The first-order chi connectivity index (χ1) is 15.0. The average molecular weight is 458 g/mol. The Hall–Kier alpha value is -2.83. The van der Waals surface area contributed by atoms with E-state index < -0.39 is 0 Å². The summed E-state index contributed by atoms with van der Waals surface area (Å²) in [6.45, 7) is 1.88. The van der Waals surface area contributed by atoms with E-state index in [1.165, 1.54) is 0 Å². The lowest BCUT2D eigenvalue weighted by Crippen LogP contribution is -2.50. The van der Waals surface area contributed by atoms with Crippen LogP contribution in [-0.2, 0) is 11.2 Å². The third-order valence-corrected chi connectivity index (χ3v) is 5.79. The fourth-order valence-corrected chi connectivity index (χ4v) is 4.02. The van der Waals surface area contributed by atoms with Gasteiger partial charge in [0.2, 0.25) is 5.91 Å².